The minimum absolute atomic E-state index is 0.189. The number of benzene rings is 2. The molecule has 5 nitrogen and oxygen atoms in total. The van der Waals surface area contributed by atoms with Crippen molar-refractivity contribution in [2.24, 2.45) is 0 Å². The Morgan fingerprint density at radius 3 is 2.61 bits per heavy atom. The monoisotopic (exact) mass is 315 g/mol. The summed E-state index contributed by atoms with van der Waals surface area (Å²) in [4.78, 5) is 0. The lowest BCUT2D eigenvalue weighted by atomic mass is 10.0. The van der Waals surface area contributed by atoms with Crippen molar-refractivity contribution in [1.29, 1.82) is 0 Å². The van der Waals surface area contributed by atoms with Gasteiger partial charge in [-0.05, 0) is 23.3 Å². The van der Waals surface area contributed by atoms with Crippen LogP contribution in [0.5, 0.6) is 5.75 Å². The minimum atomic E-state index is -0.653. The van der Waals surface area contributed by atoms with Crippen LogP contribution in [0.1, 0.15) is 23.7 Å². The highest BCUT2D eigenvalue weighted by Crippen LogP contribution is 2.35. The van der Waals surface area contributed by atoms with Gasteiger partial charge in [0.1, 0.15) is 18.5 Å². The first-order valence-electron chi connectivity index (χ1n) is 7.68. The molecule has 1 aliphatic heterocycles. The second-order valence-corrected chi connectivity index (χ2v) is 5.72. The van der Waals surface area contributed by atoms with Crippen molar-refractivity contribution in [2.45, 2.75) is 31.3 Å². The summed E-state index contributed by atoms with van der Waals surface area (Å²) in [6.45, 7) is 0.265. The largest absolute Gasteiger partial charge is 0.487 e. The number of nitrogens with two attached hydrogens (primary N) is 1. The van der Waals surface area contributed by atoms with Crippen molar-refractivity contribution < 1.29 is 19.7 Å². The number of nitrogen functional groups attached to an aromatic ring is 1. The van der Waals surface area contributed by atoms with Crippen molar-refractivity contribution >= 4 is 5.69 Å². The van der Waals surface area contributed by atoms with Gasteiger partial charge in [-0.1, -0.05) is 36.4 Å². The zero-order valence-electron chi connectivity index (χ0n) is 12.8. The first kappa shape index (κ1) is 15.8. The standard InChI is InChI=1S/C18H21NO4/c19-14-8-13(17-9-15(21)18(10-20)23-17)6-7-16(14)22-11-12-4-2-1-3-5-12/h1-8,15,17-18,20-21H,9-11,19H2/t15-,17+,18+/m0/s1. The molecule has 4 N–H and O–H groups in total. The normalized spacial score (nSPS) is 23.8. The summed E-state index contributed by atoms with van der Waals surface area (Å²) in [5, 5.41) is 19.0. The maximum atomic E-state index is 9.81. The highest BCUT2D eigenvalue weighted by molar-refractivity contribution is 5.54. The molecule has 1 heterocycles. The average molecular weight is 315 g/mol. The van der Waals surface area contributed by atoms with E-state index >= 15 is 0 Å². The van der Waals surface area contributed by atoms with Crippen LogP contribution in [0.25, 0.3) is 0 Å². The molecule has 0 aliphatic carbocycles. The van der Waals surface area contributed by atoms with Crippen LogP contribution in [0, 0.1) is 0 Å². The number of rotatable bonds is 5. The number of aliphatic hydroxyl groups excluding tert-OH is 2. The molecule has 2 aromatic rings. The first-order valence-corrected chi connectivity index (χ1v) is 7.68. The molecule has 0 bridgehead atoms. The maximum absolute atomic E-state index is 9.81. The second kappa shape index (κ2) is 7.00. The molecule has 0 amide bonds. The van der Waals surface area contributed by atoms with Crippen LogP contribution in [0.3, 0.4) is 0 Å². The zero-order chi connectivity index (χ0) is 16.2. The lowest BCUT2D eigenvalue weighted by Gasteiger charge is -2.15. The van der Waals surface area contributed by atoms with Crippen molar-refractivity contribution in [3.05, 3.63) is 59.7 Å². The molecule has 0 radical (unpaired) electrons. The van der Waals surface area contributed by atoms with Crippen LogP contribution < -0.4 is 10.5 Å². The minimum Gasteiger partial charge on any atom is -0.487 e. The van der Waals surface area contributed by atoms with Crippen molar-refractivity contribution in [3.8, 4) is 5.75 Å². The van der Waals surface area contributed by atoms with Crippen LogP contribution in [0.15, 0.2) is 48.5 Å². The van der Waals surface area contributed by atoms with Gasteiger partial charge in [-0.2, -0.15) is 0 Å². The van der Waals surface area contributed by atoms with Crippen LogP contribution in [0.4, 0.5) is 5.69 Å². The van der Waals surface area contributed by atoms with Crippen LogP contribution >= 0.6 is 0 Å². The van der Waals surface area contributed by atoms with Crippen LogP contribution in [0.2, 0.25) is 0 Å². The van der Waals surface area contributed by atoms with E-state index in [1.807, 2.05) is 42.5 Å². The van der Waals surface area contributed by atoms with Gasteiger partial charge in [0, 0.05) is 6.42 Å². The molecule has 0 saturated carbocycles. The van der Waals surface area contributed by atoms with E-state index in [9.17, 15) is 5.11 Å². The molecule has 3 rings (SSSR count). The summed E-state index contributed by atoms with van der Waals surface area (Å²) in [5.74, 6) is 0.620. The Balaban J connectivity index is 1.66. The summed E-state index contributed by atoms with van der Waals surface area (Å²) >= 11 is 0. The number of hydrogen-bond acceptors (Lipinski definition) is 5. The topological polar surface area (TPSA) is 84.9 Å². The van der Waals surface area contributed by atoms with Gasteiger partial charge < -0.3 is 25.4 Å². The molecular weight excluding hydrogens is 294 g/mol. The molecule has 23 heavy (non-hydrogen) atoms. The molecule has 3 atom stereocenters. The Morgan fingerprint density at radius 2 is 1.96 bits per heavy atom. The van der Waals surface area contributed by atoms with E-state index < -0.39 is 12.2 Å². The zero-order valence-corrected chi connectivity index (χ0v) is 12.8. The van der Waals surface area contributed by atoms with E-state index in [-0.39, 0.29) is 12.7 Å². The predicted octanol–water partition coefficient (Wildman–Crippen LogP) is 2.03. The summed E-state index contributed by atoms with van der Waals surface area (Å²) in [6, 6.07) is 15.4. The Labute approximate surface area is 135 Å². The lowest BCUT2D eigenvalue weighted by molar-refractivity contribution is -0.0225. The predicted molar refractivity (Wildman–Crippen MR) is 87.0 cm³/mol. The van der Waals surface area contributed by atoms with Gasteiger partial charge in [0.15, 0.2) is 0 Å². The van der Waals surface area contributed by atoms with E-state index in [4.69, 9.17) is 20.3 Å². The third-order valence-corrected chi connectivity index (χ3v) is 4.05. The van der Waals surface area contributed by atoms with Gasteiger partial charge in [0.05, 0.1) is 24.5 Å². The Morgan fingerprint density at radius 1 is 1.17 bits per heavy atom. The fourth-order valence-electron chi connectivity index (χ4n) is 2.74. The van der Waals surface area contributed by atoms with Crippen molar-refractivity contribution in [1.82, 2.24) is 0 Å². The van der Waals surface area contributed by atoms with Gasteiger partial charge in [-0.25, -0.2) is 0 Å². The molecule has 1 aliphatic rings. The molecule has 0 aromatic heterocycles. The fraction of sp³-hybridized carbons (Fsp3) is 0.333. The van der Waals surface area contributed by atoms with Gasteiger partial charge >= 0.3 is 0 Å². The van der Waals surface area contributed by atoms with Gasteiger partial charge in [-0.15, -0.1) is 0 Å². The Kier molecular flexibility index (Phi) is 4.81. The van der Waals surface area contributed by atoms with Crippen molar-refractivity contribution in [3.63, 3.8) is 0 Å². The molecule has 2 aromatic carbocycles. The smallest absolute Gasteiger partial charge is 0.142 e. The first-order chi connectivity index (χ1) is 11.2. The highest BCUT2D eigenvalue weighted by atomic mass is 16.5. The van der Waals surface area contributed by atoms with Crippen molar-refractivity contribution in [2.75, 3.05) is 12.3 Å². The number of ether oxygens (including phenoxy) is 2. The van der Waals surface area contributed by atoms with Crippen LogP contribution in [-0.4, -0.2) is 29.0 Å². The summed E-state index contributed by atoms with van der Waals surface area (Å²) in [6.07, 6.45) is -0.988. The van der Waals surface area contributed by atoms with E-state index in [0.717, 1.165) is 11.1 Å². The second-order valence-electron chi connectivity index (χ2n) is 5.72. The lowest BCUT2D eigenvalue weighted by Crippen LogP contribution is -2.24. The van der Waals surface area contributed by atoms with E-state index in [0.29, 0.717) is 24.5 Å². The molecule has 5 heteroatoms. The van der Waals surface area contributed by atoms with Gasteiger partial charge in [0.25, 0.3) is 0 Å². The van der Waals surface area contributed by atoms with Crippen LogP contribution in [-0.2, 0) is 11.3 Å². The summed E-state index contributed by atoms with van der Waals surface area (Å²) in [7, 11) is 0. The fourth-order valence-corrected chi connectivity index (χ4v) is 2.74. The molecule has 122 valence electrons. The number of anilines is 1. The maximum Gasteiger partial charge on any atom is 0.142 e. The van der Waals surface area contributed by atoms with E-state index in [1.165, 1.54) is 0 Å². The third-order valence-electron chi connectivity index (χ3n) is 4.05. The quantitative estimate of drug-likeness (QED) is 0.735. The van der Waals surface area contributed by atoms with E-state index in [2.05, 4.69) is 0 Å². The number of aliphatic hydroxyl groups is 2. The summed E-state index contributed by atoms with van der Waals surface area (Å²) in [5.41, 5.74) is 8.55. The molecular formula is C18H21NO4. The average Bonchev–Trinajstić information content (AvgIpc) is 2.95. The molecule has 0 spiro atoms. The molecule has 1 saturated heterocycles. The Hall–Kier alpha value is -2.08. The molecule has 1 fully saturated rings. The van der Waals surface area contributed by atoms with Gasteiger partial charge in [0.2, 0.25) is 0 Å². The van der Waals surface area contributed by atoms with Gasteiger partial charge in [-0.3, -0.25) is 0 Å². The summed E-state index contributed by atoms with van der Waals surface area (Å²) < 4.78 is 11.4. The van der Waals surface area contributed by atoms with E-state index in [1.54, 1.807) is 6.07 Å². The third kappa shape index (κ3) is 3.64. The molecule has 0 unspecified atom stereocenters. The highest BCUT2D eigenvalue weighted by Gasteiger charge is 2.34. The Bertz CT molecular complexity index is 647. The SMILES string of the molecule is Nc1cc([C@H]2C[C@H](O)[C@@H](CO)O2)ccc1OCc1ccccc1. The number of hydrogen-bond donors (Lipinski definition) is 3.